The molecule has 3 aromatic carbocycles. The lowest BCUT2D eigenvalue weighted by Gasteiger charge is -2.35. The maximum absolute atomic E-state index is 14.2. The normalized spacial score (nSPS) is 12.8. The number of aliphatic hydroxyl groups is 1. The topological polar surface area (TPSA) is 108 Å². The summed E-state index contributed by atoms with van der Waals surface area (Å²) in [4.78, 5) is 42.6. The lowest BCUT2D eigenvalue weighted by Crippen LogP contribution is -2.54. The number of hydrogen-bond donors (Lipinski definition) is 3. The second kappa shape index (κ2) is 16.2. The Balaban J connectivity index is 2.00. The molecule has 0 heterocycles. The van der Waals surface area contributed by atoms with Crippen molar-refractivity contribution in [1.29, 1.82) is 0 Å². The molecule has 0 aliphatic heterocycles. The van der Waals surface area contributed by atoms with Crippen molar-refractivity contribution in [3.8, 4) is 0 Å². The molecule has 0 aromatic heterocycles. The minimum absolute atomic E-state index is 0.278. The van der Waals surface area contributed by atoms with E-state index in [1.54, 1.807) is 20.8 Å². The number of carbonyl (C=O) groups is 3. The van der Waals surface area contributed by atoms with Crippen LogP contribution in [-0.4, -0.2) is 52.7 Å². The first-order valence-electron chi connectivity index (χ1n) is 15.7. The average molecular weight is 604 g/mol. The number of rotatable bonds is 14. The van der Waals surface area contributed by atoms with Gasteiger partial charge < -0.3 is 25.4 Å². The Labute approximate surface area is 262 Å². The van der Waals surface area contributed by atoms with E-state index in [2.05, 4.69) is 17.6 Å². The molecule has 0 aliphatic carbocycles. The molecule has 2 atom stereocenters. The van der Waals surface area contributed by atoms with Crippen LogP contribution in [0, 0.1) is 13.8 Å². The summed E-state index contributed by atoms with van der Waals surface area (Å²) >= 11 is 0. The molecule has 8 heteroatoms. The van der Waals surface area contributed by atoms with Gasteiger partial charge in [0.15, 0.2) is 0 Å². The van der Waals surface area contributed by atoms with Gasteiger partial charge in [-0.2, -0.15) is 0 Å². The Kier molecular flexibility index (Phi) is 12.8. The highest BCUT2D eigenvalue weighted by atomic mass is 16.6. The molecule has 0 saturated heterocycles. The summed E-state index contributed by atoms with van der Waals surface area (Å²) in [7, 11) is 0. The Morgan fingerprint density at radius 1 is 0.886 bits per heavy atom. The van der Waals surface area contributed by atoms with E-state index < -0.39 is 36.3 Å². The summed E-state index contributed by atoms with van der Waals surface area (Å²) < 4.78 is 5.36. The fourth-order valence-corrected chi connectivity index (χ4v) is 5.33. The van der Waals surface area contributed by atoms with E-state index in [9.17, 15) is 19.5 Å². The number of aliphatic hydroxyl groups excluding tert-OH is 1. The van der Waals surface area contributed by atoms with Crippen LogP contribution in [0.1, 0.15) is 89.0 Å². The van der Waals surface area contributed by atoms with Gasteiger partial charge in [-0.15, -0.1) is 0 Å². The van der Waals surface area contributed by atoms with E-state index in [4.69, 9.17) is 4.74 Å². The van der Waals surface area contributed by atoms with Crippen molar-refractivity contribution in [1.82, 2.24) is 10.2 Å². The van der Waals surface area contributed by atoms with E-state index >= 15 is 0 Å². The lowest BCUT2D eigenvalue weighted by molar-refractivity contribution is -0.141. The van der Waals surface area contributed by atoms with Crippen molar-refractivity contribution in [3.05, 3.63) is 77.4 Å². The van der Waals surface area contributed by atoms with Crippen LogP contribution in [0.5, 0.6) is 0 Å². The number of benzene rings is 3. The van der Waals surface area contributed by atoms with Crippen LogP contribution in [0.4, 0.5) is 10.5 Å². The Morgan fingerprint density at radius 3 is 2.23 bits per heavy atom. The third-order valence-corrected chi connectivity index (χ3v) is 7.50. The predicted octanol–water partition coefficient (Wildman–Crippen LogP) is 7.21. The third-order valence-electron chi connectivity index (χ3n) is 7.50. The summed E-state index contributed by atoms with van der Waals surface area (Å²) in [5, 5.41) is 17.9. The molecule has 3 N–H and O–H groups in total. The monoisotopic (exact) mass is 603 g/mol. The van der Waals surface area contributed by atoms with Gasteiger partial charge in [0.05, 0.1) is 6.61 Å². The Bertz CT molecular complexity index is 1410. The van der Waals surface area contributed by atoms with Crippen LogP contribution < -0.4 is 10.6 Å². The second-order valence-electron chi connectivity index (χ2n) is 12.5. The molecule has 44 heavy (non-hydrogen) atoms. The van der Waals surface area contributed by atoms with Crippen molar-refractivity contribution >= 4 is 34.4 Å². The summed E-state index contributed by atoms with van der Waals surface area (Å²) in [6.45, 7) is 10.9. The van der Waals surface area contributed by atoms with Crippen molar-refractivity contribution in [2.75, 3.05) is 18.5 Å². The molecule has 2 unspecified atom stereocenters. The smallest absolute Gasteiger partial charge is 0.408 e. The number of alkyl carbamates (subject to hydrolysis) is 1. The van der Waals surface area contributed by atoms with Gasteiger partial charge in [0.1, 0.15) is 17.7 Å². The van der Waals surface area contributed by atoms with Crippen LogP contribution in [-0.2, 0) is 14.3 Å². The number of hydrogen-bond acceptors (Lipinski definition) is 5. The van der Waals surface area contributed by atoms with Gasteiger partial charge in [-0.1, -0.05) is 93.1 Å². The molecule has 3 aromatic rings. The number of fused-ring (bicyclic) bond motifs is 1. The molecule has 8 nitrogen and oxygen atoms in total. The van der Waals surface area contributed by atoms with Gasteiger partial charge in [-0.25, -0.2) is 4.79 Å². The predicted molar refractivity (Wildman–Crippen MR) is 177 cm³/mol. The third kappa shape index (κ3) is 10.1. The number of amides is 3. The standard InChI is InChI=1S/C36H49N3O5/c1-7-8-9-10-11-14-21-39(34(42)31(24-40)38-35(43)44-36(4,5)6)32(30-20-17-25(2)22-26(30)3)33(41)37-29-19-18-27-15-12-13-16-28(27)23-29/h12-13,15-20,22-23,31-32,40H,7-11,14,21,24H2,1-6H3,(H,37,41)(H,38,43). The maximum atomic E-state index is 14.2. The van der Waals surface area contributed by atoms with E-state index in [1.807, 2.05) is 74.5 Å². The van der Waals surface area contributed by atoms with Crippen LogP contribution >= 0.6 is 0 Å². The first-order chi connectivity index (χ1) is 20.9. The zero-order chi connectivity index (χ0) is 32.3. The lowest BCUT2D eigenvalue weighted by atomic mass is 9.96. The molecule has 3 rings (SSSR count). The second-order valence-corrected chi connectivity index (χ2v) is 12.5. The molecule has 3 amide bonds. The minimum atomic E-state index is -1.29. The fraction of sp³-hybridized carbons (Fsp3) is 0.472. The molecule has 0 saturated carbocycles. The van der Waals surface area contributed by atoms with Crippen molar-refractivity contribution < 1.29 is 24.2 Å². The number of unbranched alkanes of at least 4 members (excludes halogenated alkanes) is 5. The quantitative estimate of drug-likeness (QED) is 0.169. The molecule has 0 aliphatic rings. The van der Waals surface area contributed by atoms with Gasteiger partial charge >= 0.3 is 6.09 Å². The summed E-state index contributed by atoms with van der Waals surface area (Å²) in [6.07, 6.45) is 5.15. The van der Waals surface area contributed by atoms with Crippen LogP contribution in [0.2, 0.25) is 0 Å². The number of carbonyl (C=O) groups excluding carboxylic acids is 3. The van der Waals surface area contributed by atoms with Gasteiger partial charge in [-0.05, 0) is 75.1 Å². The van der Waals surface area contributed by atoms with E-state index in [-0.39, 0.29) is 12.5 Å². The van der Waals surface area contributed by atoms with E-state index in [0.29, 0.717) is 17.7 Å². The van der Waals surface area contributed by atoms with Crippen molar-refractivity contribution in [2.24, 2.45) is 0 Å². The zero-order valence-corrected chi connectivity index (χ0v) is 27.1. The fourth-order valence-electron chi connectivity index (χ4n) is 5.33. The SMILES string of the molecule is CCCCCCCCN(C(=O)C(CO)NC(=O)OC(C)(C)C)C(C(=O)Nc1ccc2ccccc2c1)c1ccc(C)cc1C. The zero-order valence-electron chi connectivity index (χ0n) is 27.1. The van der Waals surface area contributed by atoms with Crippen LogP contribution in [0.3, 0.4) is 0 Å². The molecule has 0 radical (unpaired) electrons. The van der Waals surface area contributed by atoms with Gasteiger partial charge in [0.2, 0.25) is 5.91 Å². The van der Waals surface area contributed by atoms with E-state index in [0.717, 1.165) is 54.0 Å². The number of nitrogens with zero attached hydrogens (tertiary/aromatic N) is 1. The van der Waals surface area contributed by atoms with Crippen molar-refractivity contribution in [3.63, 3.8) is 0 Å². The summed E-state index contributed by atoms with van der Waals surface area (Å²) in [5.41, 5.74) is 2.41. The number of aryl methyl sites for hydroxylation is 2. The summed E-state index contributed by atoms with van der Waals surface area (Å²) in [5.74, 6) is -0.925. The molecule has 0 bridgehead atoms. The Morgan fingerprint density at radius 2 is 1.57 bits per heavy atom. The molecule has 0 fully saturated rings. The molecular weight excluding hydrogens is 554 g/mol. The van der Waals surface area contributed by atoms with Crippen LogP contribution in [0.15, 0.2) is 60.7 Å². The first-order valence-corrected chi connectivity index (χ1v) is 15.7. The number of anilines is 1. The highest BCUT2D eigenvalue weighted by Crippen LogP contribution is 2.29. The number of nitrogens with one attached hydrogen (secondary N) is 2. The van der Waals surface area contributed by atoms with Gasteiger partial charge in [0, 0.05) is 12.2 Å². The first kappa shape index (κ1) is 34.6. The highest BCUT2D eigenvalue weighted by molar-refractivity contribution is 6.00. The molecule has 238 valence electrons. The van der Waals surface area contributed by atoms with Crippen LogP contribution in [0.25, 0.3) is 10.8 Å². The minimum Gasteiger partial charge on any atom is -0.444 e. The van der Waals surface area contributed by atoms with E-state index in [1.165, 1.54) is 4.90 Å². The Hall–Kier alpha value is -3.91. The highest BCUT2D eigenvalue weighted by Gasteiger charge is 2.36. The van der Waals surface area contributed by atoms with Gasteiger partial charge in [0.25, 0.3) is 5.91 Å². The average Bonchev–Trinajstić information content (AvgIpc) is 2.96. The molecular formula is C36H49N3O5. The number of ether oxygens (including phenoxy) is 1. The maximum Gasteiger partial charge on any atom is 0.408 e. The van der Waals surface area contributed by atoms with Gasteiger partial charge in [-0.3, -0.25) is 9.59 Å². The largest absolute Gasteiger partial charge is 0.444 e. The molecule has 0 spiro atoms. The van der Waals surface area contributed by atoms with Crippen molar-refractivity contribution in [2.45, 2.75) is 97.8 Å². The summed E-state index contributed by atoms with van der Waals surface area (Å²) in [6, 6.07) is 17.1.